The molecule has 1 aliphatic rings. The molecule has 1 aliphatic heterocycles. The Hall–Kier alpha value is -2.38. The van der Waals surface area contributed by atoms with Gasteiger partial charge in [-0.3, -0.25) is 14.6 Å². The number of β-amino-alcohol motifs (C(OH)–C–C–N with tert-alkyl or cyclic N) is 1. The molecule has 7 nitrogen and oxygen atoms in total. The van der Waals surface area contributed by atoms with Crippen LogP contribution < -0.4 is 5.32 Å². The summed E-state index contributed by atoms with van der Waals surface area (Å²) in [5, 5.41) is 18.1. The number of aliphatic hydroxyl groups excluding tert-OH is 1. The molecule has 7 heteroatoms. The van der Waals surface area contributed by atoms with Gasteiger partial charge in [-0.05, 0) is 24.5 Å². The van der Waals surface area contributed by atoms with E-state index in [0.717, 1.165) is 44.1 Å². The quantitative estimate of drug-likeness (QED) is 0.555. The van der Waals surface area contributed by atoms with Gasteiger partial charge >= 0.3 is 0 Å². The molecule has 3 rings (SSSR count). The van der Waals surface area contributed by atoms with Crippen molar-refractivity contribution in [2.24, 2.45) is 12.0 Å². The van der Waals surface area contributed by atoms with Gasteiger partial charge in [0.15, 0.2) is 5.96 Å². The van der Waals surface area contributed by atoms with Crippen LogP contribution in [0.2, 0.25) is 0 Å². The monoisotopic (exact) mass is 384 g/mol. The molecule has 0 saturated heterocycles. The number of nitrogens with zero attached hydrogens (tertiary/aromatic N) is 5. The number of guanidine groups is 1. The zero-order chi connectivity index (χ0) is 19.9. The maximum atomic E-state index is 10.5. The minimum Gasteiger partial charge on any atom is -0.390 e. The lowest BCUT2D eigenvalue weighted by atomic mass is 10.00. The van der Waals surface area contributed by atoms with Gasteiger partial charge in [-0.2, -0.15) is 5.10 Å². The summed E-state index contributed by atoms with van der Waals surface area (Å²) in [4.78, 5) is 9.03. The number of rotatable bonds is 7. The number of hydrogen-bond acceptors (Lipinski definition) is 4. The third-order valence-corrected chi connectivity index (χ3v) is 5.01. The maximum absolute atomic E-state index is 10.5. The maximum Gasteiger partial charge on any atom is 0.194 e. The van der Waals surface area contributed by atoms with Gasteiger partial charge in [0.1, 0.15) is 0 Å². The van der Waals surface area contributed by atoms with Gasteiger partial charge in [0, 0.05) is 58.6 Å². The van der Waals surface area contributed by atoms with E-state index in [2.05, 4.69) is 56.4 Å². The lowest BCUT2D eigenvalue weighted by Gasteiger charge is -2.30. The fourth-order valence-corrected chi connectivity index (χ4v) is 3.63. The highest BCUT2D eigenvalue weighted by Gasteiger charge is 2.18. The van der Waals surface area contributed by atoms with E-state index >= 15 is 0 Å². The Kier molecular flexibility index (Phi) is 7.06. The Morgan fingerprint density at radius 2 is 2.14 bits per heavy atom. The molecular formula is C21H32N6O. The number of aromatic nitrogens is 2. The smallest absolute Gasteiger partial charge is 0.194 e. The Bertz CT molecular complexity index is 787. The van der Waals surface area contributed by atoms with Crippen molar-refractivity contribution in [1.82, 2.24) is 24.9 Å². The second kappa shape index (κ2) is 9.71. The van der Waals surface area contributed by atoms with Crippen LogP contribution in [-0.4, -0.2) is 70.0 Å². The summed E-state index contributed by atoms with van der Waals surface area (Å²) >= 11 is 0. The van der Waals surface area contributed by atoms with Crippen LogP contribution in [-0.2, 0) is 26.6 Å². The van der Waals surface area contributed by atoms with Crippen molar-refractivity contribution >= 4 is 5.96 Å². The van der Waals surface area contributed by atoms with Crippen molar-refractivity contribution < 1.29 is 5.11 Å². The molecule has 2 heterocycles. The average molecular weight is 385 g/mol. The van der Waals surface area contributed by atoms with Crippen LogP contribution >= 0.6 is 0 Å². The van der Waals surface area contributed by atoms with Gasteiger partial charge in [0.25, 0.3) is 0 Å². The molecule has 0 amide bonds. The van der Waals surface area contributed by atoms with Crippen molar-refractivity contribution in [3.63, 3.8) is 0 Å². The Morgan fingerprint density at radius 1 is 1.36 bits per heavy atom. The fraction of sp³-hybridized carbons (Fsp3) is 0.524. The van der Waals surface area contributed by atoms with Gasteiger partial charge < -0.3 is 15.3 Å². The lowest BCUT2D eigenvalue weighted by molar-refractivity contribution is 0.111. The summed E-state index contributed by atoms with van der Waals surface area (Å²) < 4.78 is 1.80. The lowest BCUT2D eigenvalue weighted by Crippen LogP contribution is -2.40. The normalized spacial score (nSPS) is 15.9. The van der Waals surface area contributed by atoms with Crippen LogP contribution in [0.1, 0.15) is 23.6 Å². The van der Waals surface area contributed by atoms with Gasteiger partial charge in [-0.1, -0.05) is 24.3 Å². The van der Waals surface area contributed by atoms with Crippen LogP contribution in [0, 0.1) is 0 Å². The number of aryl methyl sites for hydroxylation is 1. The summed E-state index contributed by atoms with van der Waals surface area (Å²) in [5.41, 5.74) is 3.93. The number of aliphatic imine (C=N–C) groups is 1. The van der Waals surface area contributed by atoms with Crippen molar-refractivity contribution in [3.8, 4) is 0 Å². The van der Waals surface area contributed by atoms with Crippen molar-refractivity contribution in [1.29, 1.82) is 0 Å². The van der Waals surface area contributed by atoms with Gasteiger partial charge in [0.05, 0.1) is 18.8 Å². The highest BCUT2D eigenvalue weighted by atomic mass is 16.3. The Morgan fingerprint density at radius 3 is 2.86 bits per heavy atom. The molecule has 1 atom stereocenters. The van der Waals surface area contributed by atoms with Gasteiger partial charge in [0.2, 0.25) is 0 Å². The van der Waals surface area contributed by atoms with E-state index in [1.165, 1.54) is 11.1 Å². The number of fused-ring (bicyclic) bond motifs is 1. The summed E-state index contributed by atoms with van der Waals surface area (Å²) in [7, 11) is 3.92. The first kappa shape index (κ1) is 20.4. The molecule has 0 aliphatic carbocycles. The number of benzene rings is 1. The van der Waals surface area contributed by atoms with E-state index in [9.17, 15) is 5.11 Å². The first-order chi connectivity index (χ1) is 13.5. The molecule has 0 radical (unpaired) electrons. The SMILES string of the molecule is CCNC(=NCC(O)CN1CCc2ccccc2C1)N(C)Cc1cnn(C)c1. The summed E-state index contributed by atoms with van der Waals surface area (Å²) in [6.45, 7) is 6.47. The van der Waals surface area contributed by atoms with Crippen LogP contribution in [0.15, 0.2) is 41.7 Å². The second-order valence-electron chi connectivity index (χ2n) is 7.48. The number of nitrogens with one attached hydrogen (secondary N) is 1. The van der Waals surface area contributed by atoms with E-state index in [4.69, 9.17) is 0 Å². The molecule has 0 spiro atoms. The molecule has 1 aromatic carbocycles. The van der Waals surface area contributed by atoms with Crippen LogP contribution in [0.4, 0.5) is 0 Å². The van der Waals surface area contributed by atoms with Gasteiger partial charge in [-0.15, -0.1) is 0 Å². The first-order valence-electron chi connectivity index (χ1n) is 9.99. The number of aliphatic hydroxyl groups is 1. The fourth-order valence-electron chi connectivity index (χ4n) is 3.63. The molecular weight excluding hydrogens is 352 g/mol. The highest BCUT2D eigenvalue weighted by Crippen LogP contribution is 2.18. The zero-order valence-corrected chi connectivity index (χ0v) is 17.2. The second-order valence-corrected chi connectivity index (χ2v) is 7.48. The van der Waals surface area contributed by atoms with E-state index < -0.39 is 6.10 Å². The average Bonchev–Trinajstić information content (AvgIpc) is 3.09. The summed E-state index contributed by atoms with van der Waals surface area (Å²) in [5.74, 6) is 0.800. The molecule has 1 unspecified atom stereocenters. The molecule has 1 aromatic heterocycles. The first-order valence-corrected chi connectivity index (χ1v) is 9.99. The molecule has 2 N–H and O–H groups in total. The molecule has 28 heavy (non-hydrogen) atoms. The van der Waals surface area contributed by atoms with Crippen molar-refractivity contribution in [2.75, 3.05) is 33.2 Å². The Balaban J connectivity index is 1.53. The molecule has 0 saturated carbocycles. The largest absolute Gasteiger partial charge is 0.390 e. The van der Waals surface area contributed by atoms with Crippen molar-refractivity contribution in [3.05, 3.63) is 53.3 Å². The van der Waals surface area contributed by atoms with Crippen LogP contribution in [0.25, 0.3) is 0 Å². The van der Waals surface area contributed by atoms with E-state index in [1.54, 1.807) is 4.68 Å². The van der Waals surface area contributed by atoms with Crippen LogP contribution in [0.3, 0.4) is 0 Å². The predicted octanol–water partition coefficient (Wildman–Crippen LogP) is 1.24. The van der Waals surface area contributed by atoms with Crippen LogP contribution in [0.5, 0.6) is 0 Å². The number of hydrogen-bond donors (Lipinski definition) is 2. The minimum absolute atomic E-state index is 0.387. The topological polar surface area (TPSA) is 68.9 Å². The Labute approximate surface area is 167 Å². The standard InChI is InChI=1S/C21H32N6O/c1-4-22-21(25(2)13-17-11-24-26(3)14-17)23-12-20(28)16-27-10-9-18-7-5-6-8-19(18)15-27/h5-8,11,14,20,28H,4,9-10,12-13,15-16H2,1-3H3,(H,22,23). The minimum atomic E-state index is -0.481. The van der Waals surface area contributed by atoms with Crippen molar-refractivity contribution in [2.45, 2.75) is 32.5 Å². The molecule has 0 fully saturated rings. The summed E-state index contributed by atoms with van der Waals surface area (Å²) in [6, 6.07) is 8.57. The summed E-state index contributed by atoms with van der Waals surface area (Å²) in [6.07, 6.45) is 4.43. The van der Waals surface area contributed by atoms with Gasteiger partial charge in [-0.25, -0.2) is 0 Å². The zero-order valence-electron chi connectivity index (χ0n) is 17.2. The van der Waals surface area contributed by atoms with E-state index in [-0.39, 0.29) is 0 Å². The predicted molar refractivity (Wildman–Crippen MR) is 112 cm³/mol. The molecule has 2 aromatic rings. The third kappa shape index (κ3) is 5.56. The molecule has 152 valence electrons. The van der Waals surface area contributed by atoms with E-state index in [1.807, 2.05) is 26.5 Å². The van der Waals surface area contributed by atoms with E-state index in [0.29, 0.717) is 13.1 Å². The third-order valence-electron chi connectivity index (χ3n) is 5.01. The molecule has 0 bridgehead atoms. The highest BCUT2D eigenvalue weighted by molar-refractivity contribution is 5.79.